The van der Waals surface area contributed by atoms with Gasteiger partial charge in [-0.25, -0.2) is 0 Å². The van der Waals surface area contributed by atoms with E-state index in [0.29, 0.717) is 18.1 Å². The van der Waals surface area contributed by atoms with E-state index in [1.807, 2.05) is 0 Å². The number of hydrogen-bond acceptors (Lipinski definition) is 2. The van der Waals surface area contributed by atoms with Gasteiger partial charge in [0, 0.05) is 0 Å². The van der Waals surface area contributed by atoms with Crippen molar-refractivity contribution in [2.45, 2.75) is 71.5 Å². The van der Waals surface area contributed by atoms with Crippen LogP contribution < -0.4 is 0 Å². The highest BCUT2D eigenvalue weighted by molar-refractivity contribution is 6.74. The van der Waals surface area contributed by atoms with Gasteiger partial charge in [0.1, 0.15) is 0 Å². The van der Waals surface area contributed by atoms with Crippen LogP contribution in [0.4, 0.5) is 0 Å². The van der Waals surface area contributed by atoms with Crippen LogP contribution in [0.15, 0.2) is 23.0 Å². The van der Waals surface area contributed by atoms with Gasteiger partial charge >= 0.3 is 0 Å². The van der Waals surface area contributed by atoms with Crippen LogP contribution in [0, 0.1) is 5.92 Å². The maximum Gasteiger partial charge on any atom is 0.250 e. The predicted octanol–water partition coefficient (Wildman–Crippen LogP) is 4.98. The molecule has 0 amide bonds. The maximum absolute atomic E-state index is 12.4. The summed E-state index contributed by atoms with van der Waals surface area (Å²) < 4.78 is 6.38. The molecule has 0 aromatic carbocycles. The molecule has 0 aliphatic heterocycles. The monoisotopic (exact) mass is 292 g/mol. The molecule has 112 valence electrons. The number of carbonyl (C=O) groups is 1. The molecule has 0 saturated carbocycles. The molecule has 0 spiro atoms. The first-order chi connectivity index (χ1) is 9.12. The molecule has 2 nitrogen and oxygen atoms in total. The summed E-state index contributed by atoms with van der Waals surface area (Å²) in [5, 5.41) is 0.169. The lowest BCUT2D eigenvalue weighted by Gasteiger charge is -2.37. The number of allylic oxidation sites excluding steroid dienone is 4. The maximum atomic E-state index is 12.4. The average Bonchev–Trinajstić information content (AvgIpc) is 2.71. The van der Waals surface area contributed by atoms with Crippen LogP contribution in [0.25, 0.3) is 0 Å². The molecule has 2 rings (SSSR count). The third-order valence-corrected chi connectivity index (χ3v) is 9.49. The molecule has 1 atom stereocenters. The summed E-state index contributed by atoms with van der Waals surface area (Å²) in [7, 11) is -1.85. The molecule has 0 fully saturated rings. The molecule has 3 heteroatoms. The first-order valence-corrected chi connectivity index (χ1v) is 10.7. The standard InChI is InChI=1S/C17H28O2Si/c1-12-10-13(19-20(5,6)17(2,3)4)11-16(18)15-9-7-8-14(12)15/h10,12H,7-9,11H2,1-6H3. The SMILES string of the molecule is CC1C=C(O[Si](C)(C)C(C)(C)C)CC(=O)C2=C1CCC2. The Morgan fingerprint density at radius 1 is 1.25 bits per heavy atom. The van der Waals surface area contributed by atoms with Crippen molar-refractivity contribution in [2.75, 3.05) is 0 Å². The molecular weight excluding hydrogens is 264 g/mol. The van der Waals surface area contributed by atoms with Gasteiger partial charge in [0.2, 0.25) is 8.32 Å². The summed E-state index contributed by atoms with van der Waals surface area (Å²) >= 11 is 0. The van der Waals surface area contributed by atoms with E-state index in [0.717, 1.165) is 30.6 Å². The summed E-state index contributed by atoms with van der Waals surface area (Å²) in [5.74, 6) is 1.58. The Balaban J connectivity index is 2.22. The molecule has 0 saturated heterocycles. The van der Waals surface area contributed by atoms with Gasteiger partial charge in [-0.1, -0.05) is 33.3 Å². The Labute approximate surface area is 124 Å². The van der Waals surface area contributed by atoms with Crippen molar-refractivity contribution in [3.05, 3.63) is 23.0 Å². The highest BCUT2D eigenvalue weighted by atomic mass is 28.4. The normalized spacial score (nSPS) is 24.4. The van der Waals surface area contributed by atoms with Crippen LogP contribution in [0.3, 0.4) is 0 Å². The highest BCUT2D eigenvalue weighted by Crippen LogP contribution is 2.41. The Hall–Kier alpha value is -0.833. The fraction of sp³-hybridized carbons (Fsp3) is 0.706. The number of ketones is 1. The van der Waals surface area contributed by atoms with Gasteiger partial charge in [-0.3, -0.25) is 4.79 Å². The molecular formula is C17H28O2Si. The number of hydrogen-bond donors (Lipinski definition) is 0. The molecule has 0 aromatic rings. The third-order valence-electron chi connectivity index (χ3n) is 5.11. The minimum Gasteiger partial charge on any atom is -0.546 e. The molecule has 2 aliphatic rings. The summed E-state index contributed by atoms with van der Waals surface area (Å²) in [4.78, 5) is 12.4. The largest absolute Gasteiger partial charge is 0.546 e. The predicted molar refractivity (Wildman–Crippen MR) is 86.0 cm³/mol. The van der Waals surface area contributed by atoms with Crippen molar-refractivity contribution in [1.82, 2.24) is 0 Å². The van der Waals surface area contributed by atoms with E-state index in [2.05, 4.69) is 46.9 Å². The lowest BCUT2D eigenvalue weighted by Crippen LogP contribution is -2.40. The topological polar surface area (TPSA) is 26.3 Å². The summed E-state index contributed by atoms with van der Waals surface area (Å²) in [6.45, 7) is 13.4. The van der Waals surface area contributed by atoms with Gasteiger partial charge in [-0.2, -0.15) is 0 Å². The smallest absolute Gasteiger partial charge is 0.250 e. The zero-order chi connectivity index (χ0) is 15.1. The summed E-state index contributed by atoms with van der Waals surface area (Å²) in [5.41, 5.74) is 2.46. The van der Waals surface area contributed by atoms with E-state index >= 15 is 0 Å². The van der Waals surface area contributed by atoms with Gasteiger partial charge in [0.25, 0.3) is 0 Å². The lowest BCUT2D eigenvalue weighted by atomic mass is 9.98. The number of carbonyl (C=O) groups excluding carboxylic acids is 1. The van der Waals surface area contributed by atoms with E-state index in [4.69, 9.17) is 4.43 Å². The van der Waals surface area contributed by atoms with Crippen LogP contribution in [0.2, 0.25) is 18.1 Å². The van der Waals surface area contributed by atoms with Crippen molar-refractivity contribution in [3.63, 3.8) is 0 Å². The lowest BCUT2D eigenvalue weighted by molar-refractivity contribution is -0.115. The average molecular weight is 292 g/mol. The zero-order valence-corrected chi connectivity index (χ0v) is 14.8. The highest BCUT2D eigenvalue weighted by Gasteiger charge is 2.40. The first kappa shape index (κ1) is 15.6. The Morgan fingerprint density at radius 3 is 2.50 bits per heavy atom. The van der Waals surface area contributed by atoms with Crippen LogP contribution in [-0.4, -0.2) is 14.1 Å². The second-order valence-corrected chi connectivity index (χ2v) is 12.5. The van der Waals surface area contributed by atoms with Gasteiger partial charge in [0.15, 0.2) is 5.78 Å². The van der Waals surface area contributed by atoms with Crippen molar-refractivity contribution < 1.29 is 9.22 Å². The van der Waals surface area contributed by atoms with E-state index in [1.54, 1.807) is 0 Å². The quantitative estimate of drug-likeness (QED) is 0.671. The van der Waals surface area contributed by atoms with Crippen molar-refractivity contribution in [1.29, 1.82) is 0 Å². The molecule has 20 heavy (non-hydrogen) atoms. The Morgan fingerprint density at radius 2 is 1.90 bits per heavy atom. The third kappa shape index (κ3) is 2.92. The summed E-state index contributed by atoms with van der Waals surface area (Å²) in [6.07, 6.45) is 5.88. The van der Waals surface area contributed by atoms with Gasteiger partial charge in [-0.05, 0) is 55.0 Å². The van der Waals surface area contributed by atoms with Gasteiger partial charge in [0.05, 0.1) is 12.2 Å². The molecule has 0 N–H and O–H groups in total. The Bertz CT molecular complexity index is 478. The zero-order valence-electron chi connectivity index (χ0n) is 13.8. The fourth-order valence-electron chi connectivity index (χ4n) is 2.84. The molecule has 0 heterocycles. The number of Topliss-reactive ketones (excluding diaryl/α,β-unsaturated/α-hetero) is 1. The van der Waals surface area contributed by atoms with E-state index in [9.17, 15) is 4.79 Å². The minimum atomic E-state index is -1.85. The molecule has 2 aliphatic carbocycles. The van der Waals surface area contributed by atoms with Crippen LogP contribution >= 0.6 is 0 Å². The van der Waals surface area contributed by atoms with Crippen molar-refractivity contribution in [2.24, 2.45) is 5.92 Å². The van der Waals surface area contributed by atoms with E-state index in [-0.39, 0.29) is 5.04 Å². The second-order valence-electron chi connectivity index (χ2n) is 7.74. The Kier molecular flexibility index (Phi) is 4.02. The molecule has 0 bridgehead atoms. The second kappa shape index (κ2) is 5.17. The van der Waals surface area contributed by atoms with Gasteiger partial charge < -0.3 is 4.43 Å². The summed E-state index contributed by atoms with van der Waals surface area (Å²) in [6, 6.07) is 0. The number of rotatable bonds is 2. The van der Waals surface area contributed by atoms with Gasteiger partial charge in [-0.15, -0.1) is 0 Å². The van der Waals surface area contributed by atoms with Crippen LogP contribution in [-0.2, 0) is 9.22 Å². The minimum absolute atomic E-state index is 0.169. The molecule has 1 unspecified atom stereocenters. The van der Waals surface area contributed by atoms with E-state index in [1.165, 1.54) is 5.57 Å². The van der Waals surface area contributed by atoms with Crippen molar-refractivity contribution >= 4 is 14.1 Å². The fourth-order valence-corrected chi connectivity index (χ4v) is 3.94. The molecule has 0 aromatic heterocycles. The van der Waals surface area contributed by atoms with Crippen LogP contribution in [0.5, 0.6) is 0 Å². The molecule has 0 radical (unpaired) electrons. The first-order valence-electron chi connectivity index (χ1n) is 7.76. The van der Waals surface area contributed by atoms with Crippen molar-refractivity contribution in [3.8, 4) is 0 Å². The van der Waals surface area contributed by atoms with Crippen LogP contribution in [0.1, 0.15) is 53.4 Å². The van der Waals surface area contributed by atoms with E-state index < -0.39 is 8.32 Å².